The highest BCUT2D eigenvalue weighted by Gasteiger charge is 2.31. The van der Waals surface area contributed by atoms with Crippen LogP contribution in [0.1, 0.15) is 5.01 Å². The van der Waals surface area contributed by atoms with Gasteiger partial charge in [0.2, 0.25) is 0 Å². The molecule has 0 saturated carbocycles. The van der Waals surface area contributed by atoms with Crippen molar-refractivity contribution >= 4 is 66.4 Å². The fourth-order valence-corrected chi connectivity index (χ4v) is 5.06. The number of nitrogens with zero attached hydrogens (tertiary/aromatic N) is 3. The van der Waals surface area contributed by atoms with Gasteiger partial charge in [-0.15, -0.1) is 15.7 Å². The molecule has 7 nitrogen and oxygen atoms in total. The third-order valence-corrected chi connectivity index (χ3v) is 7.83. The highest BCUT2D eigenvalue weighted by atomic mass is 79.9. The Morgan fingerprint density at radius 3 is 2.64 bits per heavy atom. The fourth-order valence-electron chi connectivity index (χ4n) is 2.81. The van der Waals surface area contributed by atoms with E-state index in [1.165, 1.54) is 37.5 Å². The summed E-state index contributed by atoms with van der Waals surface area (Å²) in [7, 11) is -3.04. The number of halogens is 4. The van der Waals surface area contributed by atoms with Gasteiger partial charge >= 0.3 is 10.2 Å². The number of benzene rings is 2. The number of anilines is 1. The number of carbonyl (C=O) groups is 1. The summed E-state index contributed by atoms with van der Waals surface area (Å²) in [6.45, 7) is 0. The SMILES string of the molecule is CN1C(C(=O)Nc2ccc(F)c(Cl)c2)=CC(c2ncc(-c3ccc(Br)c(F)c3)s2)=NS1(=O)=O. The van der Waals surface area contributed by atoms with Crippen molar-refractivity contribution in [3.8, 4) is 10.4 Å². The molecule has 0 aliphatic carbocycles. The van der Waals surface area contributed by atoms with Gasteiger partial charge in [-0.2, -0.15) is 8.42 Å². The molecule has 1 aromatic heterocycles. The van der Waals surface area contributed by atoms with E-state index in [9.17, 15) is 22.0 Å². The number of nitrogens with one attached hydrogen (secondary N) is 1. The number of hydrogen-bond acceptors (Lipinski definition) is 5. The van der Waals surface area contributed by atoms with E-state index in [0.717, 1.165) is 21.7 Å². The highest BCUT2D eigenvalue weighted by molar-refractivity contribution is 9.10. The molecule has 0 radical (unpaired) electrons. The molecule has 0 spiro atoms. The van der Waals surface area contributed by atoms with Gasteiger partial charge in [0.25, 0.3) is 5.91 Å². The number of amides is 1. The van der Waals surface area contributed by atoms with Gasteiger partial charge in [0, 0.05) is 18.9 Å². The average Bonchev–Trinajstić information content (AvgIpc) is 3.25. The molecular formula is C20H12BrClF2N4O3S2. The van der Waals surface area contributed by atoms with Crippen LogP contribution in [0.4, 0.5) is 14.5 Å². The van der Waals surface area contributed by atoms with E-state index < -0.39 is 27.8 Å². The Bertz CT molecular complexity index is 1460. The number of likely N-dealkylation sites (N-methyl/N-ethyl adjacent to an activating group) is 1. The van der Waals surface area contributed by atoms with Gasteiger partial charge in [-0.3, -0.25) is 4.79 Å². The maximum atomic E-state index is 13.9. The molecule has 3 aromatic rings. The van der Waals surface area contributed by atoms with Gasteiger partial charge in [-0.05, 0) is 57.9 Å². The van der Waals surface area contributed by atoms with E-state index in [1.54, 1.807) is 12.1 Å². The lowest BCUT2D eigenvalue weighted by Crippen LogP contribution is -2.35. The summed E-state index contributed by atoms with van der Waals surface area (Å²) in [6, 6.07) is 8.11. The normalized spacial score (nSPS) is 15.1. The number of aromatic nitrogens is 1. The molecule has 0 atom stereocenters. The van der Waals surface area contributed by atoms with Crippen molar-refractivity contribution in [2.24, 2.45) is 4.40 Å². The highest BCUT2D eigenvalue weighted by Crippen LogP contribution is 2.31. The molecule has 1 aliphatic heterocycles. The minimum absolute atomic E-state index is 0.0516. The van der Waals surface area contributed by atoms with Crippen LogP contribution in [0.2, 0.25) is 5.02 Å². The van der Waals surface area contributed by atoms with E-state index in [2.05, 4.69) is 30.6 Å². The second-order valence-electron chi connectivity index (χ2n) is 6.69. The number of hydrogen-bond donors (Lipinski definition) is 1. The summed E-state index contributed by atoms with van der Waals surface area (Å²) in [5.74, 6) is -1.89. The fraction of sp³-hybridized carbons (Fsp3) is 0.0500. The second-order valence-corrected chi connectivity index (χ2v) is 10.6. The van der Waals surface area contributed by atoms with Crippen molar-refractivity contribution in [1.82, 2.24) is 9.29 Å². The smallest absolute Gasteiger partial charge is 0.321 e. The first-order chi connectivity index (χ1) is 15.5. The van der Waals surface area contributed by atoms with E-state index in [4.69, 9.17) is 11.6 Å². The Morgan fingerprint density at radius 2 is 1.94 bits per heavy atom. The van der Waals surface area contributed by atoms with Crippen molar-refractivity contribution in [1.29, 1.82) is 0 Å². The van der Waals surface area contributed by atoms with Crippen LogP contribution in [-0.4, -0.2) is 36.4 Å². The summed E-state index contributed by atoms with van der Waals surface area (Å²) in [5.41, 5.74) is 0.443. The quantitative estimate of drug-likeness (QED) is 0.475. The molecule has 33 heavy (non-hydrogen) atoms. The van der Waals surface area contributed by atoms with E-state index >= 15 is 0 Å². The Labute approximate surface area is 204 Å². The summed E-state index contributed by atoms with van der Waals surface area (Å²) >= 11 is 9.91. The molecule has 0 saturated heterocycles. The van der Waals surface area contributed by atoms with Crippen LogP contribution in [0.5, 0.6) is 0 Å². The Hall–Kier alpha value is -2.67. The topological polar surface area (TPSA) is 91.7 Å². The largest absolute Gasteiger partial charge is 0.345 e. The minimum atomic E-state index is -4.22. The third-order valence-electron chi connectivity index (χ3n) is 4.51. The Balaban J connectivity index is 1.67. The third kappa shape index (κ3) is 4.83. The molecule has 2 aromatic carbocycles. The minimum Gasteiger partial charge on any atom is -0.321 e. The van der Waals surface area contributed by atoms with Crippen LogP contribution in [0, 0.1) is 11.6 Å². The van der Waals surface area contributed by atoms with Gasteiger partial charge < -0.3 is 5.32 Å². The van der Waals surface area contributed by atoms with Crippen LogP contribution in [-0.2, 0) is 15.0 Å². The number of allylic oxidation sites excluding steroid dienone is 1. The predicted octanol–water partition coefficient (Wildman–Crippen LogP) is 5.01. The zero-order valence-electron chi connectivity index (χ0n) is 16.5. The van der Waals surface area contributed by atoms with E-state index in [1.807, 2.05) is 0 Å². The molecule has 1 N–H and O–H groups in total. The molecule has 0 unspecified atom stereocenters. The molecular weight excluding hydrogens is 562 g/mol. The molecule has 13 heteroatoms. The predicted molar refractivity (Wildman–Crippen MR) is 127 cm³/mol. The van der Waals surface area contributed by atoms with Gasteiger partial charge in [-0.25, -0.2) is 18.1 Å². The summed E-state index contributed by atoms with van der Waals surface area (Å²) in [4.78, 5) is 17.6. The average molecular weight is 574 g/mol. The zero-order valence-corrected chi connectivity index (χ0v) is 20.5. The molecule has 170 valence electrons. The number of carbonyl (C=O) groups excluding carboxylic acids is 1. The monoisotopic (exact) mass is 572 g/mol. The van der Waals surface area contributed by atoms with Crippen LogP contribution in [0.15, 0.2) is 63.2 Å². The van der Waals surface area contributed by atoms with Gasteiger partial charge in [0.1, 0.15) is 28.1 Å². The van der Waals surface area contributed by atoms with Gasteiger partial charge in [0.05, 0.1) is 14.4 Å². The van der Waals surface area contributed by atoms with E-state index in [0.29, 0.717) is 14.9 Å². The zero-order chi connectivity index (χ0) is 23.9. The summed E-state index contributed by atoms with van der Waals surface area (Å²) in [6.07, 6.45) is 2.73. The van der Waals surface area contributed by atoms with Crippen molar-refractivity contribution < 1.29 is 22.0 Å². The Kier molecular flexibility index (Phi) is 6.36. The molecule has 0 fully saturated rings. The number of rotatable bonds is 4. The van der Waals surface area contributed by atoms with Crippen LogP contribution < -0.4 is 5.32 Å². The van der Waals surface area contributed by atoms with E-state index in [-0.39, 0.29) is 27.1 Å². The van der Waals surface area contributed by atoms with Gasteiger partial charge in [0.15, 0.2) is 0 Å². The van der Waals surface area contributed by atoms with Crippen molar-refractivity contribution in [2.45, 2.75) is 0 Å². The van der Waals surface area contributed by atoms with Crippen molar-refractivity contribution in [3.05, 3.63) is 80.5 Å². The van der Waals surface area contributed by atoms with Crippen molar-refractivity contribution in [3.63, 3.8) is 0 Å². The van der Waals surface area contributed by atoms with Crippen LogP contribution in [0.25, 0.3) is 10.4 Å². The number of thiazole rings is 1. The molecule has 2 heterocycles. The molecule has 0 bridgehead atoms. The standard InChI is InChI=1S/C20H12BrClF2N4O3S2/c1-28-17(19(29)26-11-3-5-14(23)13(22)7-11)8-16(27-33(28,30)31)20-25-9-18(32-20)10-2-4-12(21)15(24)6-10/h2-9H,1H3,(H,26,29). The van der Waals surface area contributed by atoms with Crippen LogP contribution >= 0.6 is 38.9 Å². The first-order valence-electron chi connectivity index (χ1n) is 9.04. The molecule has 1 aliphatic rings. The summed E-state index contributed by atoms with van der Waals surface area (Å²) in [5, 5.41) is 2.50. The second kappa shape index (κ2) is 8.93. The Morgan fingerprint density at radius 1 is 1.18 bits per heavy atom. The first-order valence-corrected chi connectivity index (χ1v) is 12.4. The summed E-state index contributed by atoms with van der Waals surface area (Å²) < 4.78 is 57.1. The first kappa shape index (κ1) is 23.5. The lowest BCUT2D eigenvalue weighted by molar-refractivity contribution is -0.113. The maximum absolute atomic E-state index is 13.9. The van der Waals surface area contributed by atoms with Gasteiger partial charge in [-0.1, -0.05) is 17.7 Å². The molecule has 4 rings (SSSR count). The maximum Gasteiger partial charge on any atom is 0.345 e. The van der Waals surface area contributed by atoms with Crippen LogP contribution in [0.3, 0.4) is 0 Å². The molecule has 1 amide bonds. The lowest BCUT2D eigenvalue weighted by atomic mass is 10.2. The van der Waals surface area contributed by atoms with Crippen molar-refractivity contribution in [2.75, 3.05) is 12.4 Å². The lowest BCUT2D eigenvalue weighted by Gasteiger charge is -2.23.